The molecule has 2 aromatic carbocycles. The standard InChI is InChI=1S/C16H13Cl2NO2/c17-11-5-10(16(21)13(18)7-11)8-19-15-12-4-2-1-3-9(12)6-14(15)20/h1-5,7-8,14-15,20-21H,6H2/t14-,15+/m0/s1. The normalized spacial score (nSPS) is 20.9. The van der Waals surface area contributed by atoms with Gasteiger partial charge in [0.1, 0.15) is 11.8 Å². The van der Waals surface area contributed by atoms with Crippen molar-refractivity contribution in [3.63, 3.8) is 0 Å². The smallest absolute Gasteiger partial charge is 0.143 e. The monoisotopic (exact) mass is 321 g/mol. The van der Waals surface area contributed by atoms with Crippen LogP contribution in [0.3, 0.4) is 0 Å². The van der Waals surface area contributed by atoms with Gasteiger partial charge in [0, 0.05) is 23.2 Å². The van der Waals surface area contributed by atoms with Crippen molar-refractivity contribution in [2.75, 3.05) is 0 Å². The molecule has 3 nitrogen and oxygen atoms in total. The van der Waals surface area contributed by atoms with Crippen LogP contribution in [0.5, 0.6) is 5.75 Å². The molecule has 0 aliphatic heterocycles. The molecule has 2 atom stereocenters. The molecule has 0 unspecified atom stereocenters. The molecule has 0 amide bonds. The molecule has 21 heavy (non-hydrogen) atoms. The summed E-state index contributed by atoms with van der Waals surface area (Å²) in [5.74, 6) is -0.0643. The second kappa shape index (κ2) is 5.68. The Morgan fingerprint density at radius 1 is 1.19 bits per heavy atom. The third-order valence-corrected chi connectivity index (χ3v) is 4.11. The summed E-state index contributed by atoms with van der Waals surface area (Å²) in [5, 5.41) is 20.7. The van der Waals surface area contributed by atoms with Gasteiger partial charge in [-0.15, -0.1) is 0 Å². The number of rotatable bonds is 2. The number of nitrogens with zero attached hydrogens (tertiary/aromatic N) is 1. The van der Waals surface area contributed by atoms with Crippen LogP contribution >= 0.6 is 23.2 Å². The van der Waals surface area contributed by atoms with Crippen molar-refractivity contribution >= 4 is 29.4 Å². The largest absolute Gasteiger partial charge is 0.506 e. The number of halogens is 2. The highest BCUT2D eigenvalue weighted by atomic mass is 35.5. The van der Waals surface area contributed by atoms with E-state index in [-0.39, 0.29) is 16.8 Å². The van der Waals surface area contributed by atoms with Crippen molar-refractivity contribution in [1.29, 1.82) is 0 Å². The van der Waals surface area contributed by atoms with E-state index in [1.807, 2.05) is 24.3 Å². The fraction of sp³-hybridized carbons (Fsp3) is 0.188. The van der Waals surface area contributed by atoms with Crippen LogP contribution in [0, 0.1) is 0 Å². The van der Waals surface area contributed by atoms with Gasteiger partial charge < -0.3 is 10.2 Å². The number of hydrogen-bond acceptors (Lipinski definition) is 3. The first-order valence-electron chi connectivity index (χ1n) is 6.53. The fourth-order valence-electron chi connectivity index (χ4n) is 2.58. The number of aliphatic imine (C=N–C) groups is 1. The van der Waals surface area contributed by atoms with Crippen LogP contribution in [-0.4, -0.2) is 22.5 Å². The molecule has 2 aromatic rings. The lowest BCUT2D eigenvalue weighted by molar-refractivity contribution is 0.159. The number of phenols is 1. The van der Waals surface area contributed by atoms with Crippen molar-refractivity contribution in [3.05, 3.63) is 63.1 Å². The van der Waals surface area contributed by atoms with E-state index in [0.717, 1.165) is 11.1 Å². The maximum Gasteiger partial charge on any atom is 0.143 e. The summed E-state index contributed by atoms with van der Waals surface area (Å²) < 4.78 is 0. The highest BCUT2D eigenvalue weighted by molar-refractivity contribution is 6.36. The van der Waals surface area contributed by atoms with Gasteiger partial charge in [-0.2, -0.15) is 0 Å². The van der Waals surface area contributed by atoms with Gasteiger partial charge in [0.2, 0.25) is 0 Å². The minimum atomic E-state index is -0.560. The van der Waals surface area contributed by atoms with E-state index in [2.05, 4.69) is 4.99 Å². The summed E-state index contributed by atoms with van der Waals surface area (Å²) in [6.07, 6.45) is 1.53. The van der Waals surface area contributed by atoms with Gasteiger partial charge in [0.05, 0.1) is 11.1 Å². The number of benzene rings is 2. The molecule has 108 valence electrons. The van der Waals surface area contributed by atoms with Crippen LogP contribution in [-0.2, 0) is 6.42 Å². The first-order valence-corrected chi connectivity index (χ1v) is 7.29. The van der Waals surface area contributed by atoms with Crippen LogP contribution in [0.2, 0.25) is 10.0 Å². The Labute approximate surface area is 132 Å². The molecule has 2 N–H and O–H groups in total. The highest BCUT2D eigenvalue weighted by Gasteiger charge is 2.29. The number of hydrogen-bond donors (Lipinski definition) is 2. The van der Waals surface area contributed by atoms with Crippen molar-refractivity contribution in [3.8, 4) is 5.75 Å². The summed E-state index contributed by atoms with van der Waals surface area (Å²) >= 11 is 11.8. The van der Waals surface area contributed by atoms with Gasteiger partial charge in [0.15, 0.2) is 0 Å². The van der Waals surface area contributed by atoms with Crippen molar-refractivity contribution < 1.29 is 10.2 Å². The molecule has 0 spiro atoms. The van der Waals surface area contributed by atoms with E-state index in [1.165, 1.54) is 12.3 Å². The van der Waals surface area contributed by atoms with Crippen LogP contribution in [0.1, 0.15) is 22.7 Å². The first-order chi connectivity index (χ1) is 10.1. The Hall–Kier alpha value is -1.55. The average molecular weight is 322 g/mol. The Morgan fingerprint density at radius 3 is 2.76 bits per heavy atom. The summed E-state index contributed by atoms with van der Waals surface area (Å²) in [5.41, 5.74) is 2.54. The van der Waals surface area contributed by atoms with Crippen LogP contribution in [0.25, 0.3) is 0 Å². The molecule has 0 fully saturated rings. The number of phenolic OH excluding ortho intramolecular Hbond substituents is 1. The van der Waals surface area contributed by atoms with Gasteiger partial charge in [-0.3, -0.25) is 4.99 Å². The van der Waals surface area contributed by atoms with Gasteiger partial charge in [-0.05, 0) is 23.3 Å². The minimum absolute atomic E-state index is 0.0643. The summed E-state index contributed by atoms with van der Waals surface area (Å²) in [6.45, 7) is 0. The van der Waals surface area contributed by atoms with E-state index in [4.69, 9.17) is 23.2 Å². The zero-order valence-corrected chi connectivity index (χ0v) is 12.5. The predicted octanol–water partition coefficient (Wildman–Crippen LogP) is 3.78. The number of aliphatic hydroxyl groups excluding tert-OH is 1. The highest BCUT2D eigenvalue weighted by Crippen LogP contribution is 2.35. The number of aliphatic hydroxyl groups is 1. The Balaban J connectivity index is 1.94. The Bertz CT molecular complexity index is 715. The summed E-state index contributed by atoms with van der Waals surface area (Å²) in [4.78, 5) is 4.41. The molecule has 0 aromatic heterocycles. The molecule has 5 heteroatoms. The van der Waals surface area contributed by atoms with Gasteiger partial charge in [-0.25, -0.2) is 0 Å². The van der Waals surface area contributed by atoms with Gasteiger partial charge >= 0.3 is 0 Å². The molecule has 0 heterocycles. The maximum absolute atomic E-state index is 10.1. The summed E-state index contributed by atoms with van der Waals surface area (Å²) in [7, 11) is 0. The predicted molar refractivity (Wildman–Crippen MR) is 84.6 cm³/mol. The van der Waals surface area contributed by atoms with Crippen molar-refractivity contribution in [1.82, 2.24) is 0 Å². The lowest BCUT2D eigenvalue weighted by atomic mass is 10.1. The summed E-state index contributed by atoms with van der Waals surface area (Å²) in [6, 6.07) is 10.5. The molecule has 0 bridgehead atoms. The molecule has 1 aliphatic carbocycles. The number of aromatic hydroxyl groups is 1. The molecule has 0 saturated carbocycles. The van der Waals surface area contributed by atoms with Crippen molar-refractivity contribution in [2.24, 2.45) is 4.99 Å². The SMILES string of the molecule is Oc1c(Cl)cc(Cl)cc1C=N[C@@H]1c2ccccc2C[C@@H]1O. The average Bonchev–Trinajstić information content (AvgIpc) is 2.77. The molecule has 1 aliphatic rings. The van der Waals surface area contributed by atoms with E-state index in [9.17, 15) is 10.2 Å². The third-order valence-electron chi connectivity index (χ3n) is 3.60. The maximum atomic E-state index is 10.1. The van der Waals surface area contributed by atoms with Gasteiger partial charge in [0.25, 0.3) is 0 Å². The Kier molecular flexibility index (Phi) is 3.89. The quantitative estimate of drug-likeness (QED) is 0.827. The third kappa shape index (κ3) is 2.77. The second-order valence-electron chi connectivity index (χ2n) is 5.02. The van der Waals surface area contributed by atoms with E-state index < -0.39 is 6.10 Å². The van der Waals surface area contributed by atoms with Crippen LogP contribution < -0.4 is 0 Å². The van der Waals surface area contributed by atoms with E-state index in [0.29, 0.717) is 17.0 Å². The van der Waals surface area contributed by atoms with E-state index in [1.54, 1.807) is 6.07 Å². The molecule has 0 radical (unpaired) electrons. The van der Waals surface area contributed by atoms with Crippen molar-refractivity contribution in [2.45, 2.75) is 18.6 Å². The fourth-order valence-corrected chi connectivity index (χ4v) is 3.09. The zero-order valence-electron chi connectivity index (χ0n) is 11.0. The van der Waals surface area contributed by atoms with Gasteiger partial charge in [-0.1, -0.05) is 47.5 Å². The molecule has 0 saturated heterocycles. The minimum Gasteiger partial charge on any atom is -0.506 e. The zero-order chi connectivity index (χ0) is 15.0. The van der Waals surface area contributed by atoms with Crippen LogP contribution in [0.4, 0.5) is 0 Å². The Morgan fingerprint density at radius 2 is 1.95 bits per heavy atom. The molecular formula is C16H13Cl2NO2. The lowest BCUT2D eigenvalue weighted by Crippen LogP contribution is -2.11. The molecule has 3 rings (SSSR count). The second-order valence-corrected chi connectivity index (χ2v) is 5.86. The number of fused-ring (bicyclic) bond motifs is 1. The lowest BCUT2D eigenvalue weighted by Gasteiger charge is -2.11. The first kappa shape index (κ1) is 14.4. The molecular weight excluding hydrogens is 309 g/mol. The topological polar surface area (TPSA) is 52.8 Å². The van der Waals surface area contributed by atoms with E-state index >= 15 is 0 Å². The van der Waals surface area contributed by atoms with Crippen LogP contribution in [0.15, 0.2) is 41.4 Å².